The molecule has 158 valence electrons. The number of hydrogen-bond acceptors (Lipinski definition) is 5. The van der Waals surface area contributed by atoms with Gasteiger partial charge in [0.05, 0.1) is 20.8 Å². The standard InChI is InChI=1S/C22H30N2O5/c1-27-13-12-24-18-10-11-23(15-17(18)6-9-22(24)26)21(25)8-5-16-4-7-19(28-2)20(14-16)29-3/h4-5,7-8,14,17-18H,6,9-13,15H2,1-3H3/b8-5+/t17-,18+/m1/s1. The number of amides is 2. The van der Waals surface area contributed by atoms with Gasteiger partial charge >= 0.3 is 0 Å². The Kier molecular flexibility index (Phi) is 7.14. The van der Waals surface area contributed by atoms with Crippen LogP contribution in [-0.2, 0) is 14.3 Å². The van der Waals surface area contributed by atoms with E-state index >= 15 is 0 Å². The van der Waals surface area contributed by atoms with Crippen LogP contribution >= 0.6 is 0 Å². The summed E-state index contributed by atoms with van der Waals surface area (Å²) in [5.74, 6) is 1.82. The molecule has 2 aliphatic heterocycles. The van der Waals surface area contributed by atoms with Gasteiger partial charge in [-0.25, -0.2) is 0 Å². The van der Waals surface area contributed by atoms with Crippen LogP contribution in [-0.4, -0.2) is 75.2 Å². The molecule has 0 aliphatic carbocycles. The van der Waals surface area contributed by atoms with Crippen LogP contribution in [0.25, 0.3) is 6.08 Å². The van der Waals surface area contributed by atoms with Crippen molar-refractivity contribution in [3.63, 3.8) is 0 Å². The maximum atomic E-state index is 12.7. The zero-order chi connectivity index (χ0) is 20.8. The SMILES string of the molecule is COCCN1C(=O)CC[C@@H]2CN(C(=O)/C=C/c3ccc(OC)c(OC)c3)CC[C@@H]21. The monoisotopic (exact) mass is 402 g/mol. The Bertz CT molecular complexity index is 764. The number of carbonyl (C=O) groups is 2. The fourth-order valence-electron chi connectivity index (χ4n) is 4.26. The van der Waals surface area contributed by atoms with Gasteiger partial charge in [0.2, 0.25) is 11.8 Å². The summed E-state index contributed by atoms with van der Waals surface area (Å²) in [6.07, 6.45) is 5.62. The quantitative estimate of drug-likeness (QED) is 0.654. The summed E-state index contributed by atoms with van der Waals surface area (Å²) in [6, 6.07) is 5.76. The Hall–Kier alpha value is -2.54. The number of fused-ring (bicyclic) bond motifs is 1. The zero-order valence-electron chi connectivity index (χ0n) is 17.4. The number of ether oxygens (including phenoxy) is 3. The molecule has 1 aromatic carbocycles. The van der Waals surface area contributed by atoms with Crippen LogP contribution in [0.1, 0.15) is 24.8 Å². The van der Waals surface area contributed by atoms with Gasteiger partial charge in [0.15, 0.2) is 11.5 Å². The molecule has 3 rings (SSSR count). The number of benzene rings is 1. The topological polar surface area (TPSA) is 68.3 Å². The molecule has 0 bridgehead atoms. The lowest BCUT2D eigenvalue weighted by atomic mass is 9.83. The van der Waals surface area contributed by atoms with E-state index in [0.29, 0.717) is 50.1 Å². The van der Waals surface area contributed by atoms with Crippen LogP contribution in [0.5, 0.6) is 11.5 Å². The van der Waals surface area contributed by atoms with Crippen molar-refractivity contribution in [3.8, 4) is 11.5 Å². The highest BCUT2D eigenvalue weighted by Crippen LogP contribution is 2.31. The number of hydrogen-bond donors (Lipinski definition) is 0. The number of carbonyl (C=O) groups excluding carboxylic acids is 2. The predicted molar refractivity (Wildman–Crippen MR) is 110 cm³/mol. The maximum absolute atomic E-state index is 12.7. The molecule has 29 heavy (non-hydrogen) atoms. The second kappa shape index (κ2) is 9.78. The zero-order valence-corrected chi connectivity index (χ0v) is 17.4. The number of piperidine rings is 2. The van der Waals surface area contributed by atoms with E-state index in [9.17, 15) is 9.59 Å². The first-order valence-electron chi connectivity index (χ1n) is 10.0. The van der Waals surface area contributed by atoms with E-state index < -0.39 is 0 Å². The lowest BCUT2D eigenvalue weighted by Crippen LogP contribution is -2.57. The van der Waals surface area contributed by atoms with Crippen molar-refractivity contribution in [2.45, 2.75) is 25.3 Å². The summed E-state index contributed by atoms with van der Waals surface area (Å²) in [5.41, 5.74) is 0.875. The highest BCUT2D eigenvalue weighted by molar-refractivity contribution is 5.92. The molecule has 0 unspecified atom stereocenters. The molecule has 2 fully saturated rings. The first-order valence-corrected chi connectivity index (χ1v) is 10.0. The summed E-state index contributed by atoms with van der Waals surface area (Å²) < 4.78 is 15.7. The molecule has 7 heteroatoms. The smallest absolute Gasteiger partial charge is 0.246 e. The van der Waals surface area contributed by atoms with Gasteiger partial charge in [-0.2, -0.15) is 0 Å². The van der Waals surface area contributed by atoms with Crippen molar-refractivity contribution in [1.29, 1.82) is 0 Å². The molecule has 2 amide bonds. The van der Waals surface area contributed by atoms with Crippen LogP contribution in [0.2, 0.25) is 0 Å². The summed E-state index contributed by atoms with van der Waals surface area (Å²) in [6.45, 7) is 2.53. The minimum Gasteiger partial charge on any atom is -0.493 e. The van der Waals surface area contributed by atoms with Crippen molar-refractivity contribution in [1.82, 2.24) is 9.80 Å². The fourth-order valence-corrected chi connectivity index (χ4v) is 4.26. The number of nitrogens with zero attached hydrogens (tertiary/aromatic N) is 2. The Morgan fingerprint density at radius 1 is 1.17 bits per heavy atom. The summed E-state index contributed by atoms with van der Waals surface area (Å²) in [5, 5.41) is 0. The first kappa shape index (κ1) is 21.2. The lowest BCUT2D eigenvalue weighted by molar-refractivity contribution is -0.143. The predicted octanol–water partition coefficient (Wildman–Crippen LogP) is 2.20. The van der Waals surface area contributed by atoms with Gasteiger partial charge in [-0.3, -0.25) is 9.59 Å². The Balaban J connectivity index is 1.62. The molecule has 0 aromatic heterocycles. The van der Waals surface area contributed by atoms with Gasteiger partial charge < -0.3 is 24.0 Å². The molecule has 0 spiro atoms. The van der Waals surface area contributed by atoms with E-state index in [1.165, 1.54) is 0 Å². The van der Waals surface area contributed by atoms with E-state index in [1.54, 1.807) is 33.5 Å². The average Bonchev–Trinajstić information content (AvgIpc) is 2.76. The Morgan fingerprint density at radius 3 is 2.69 bits per heavy atom. The fraction of sp³-hybridized carbons (Fsp3) is 0.545. The third kappa shape index (κ3) is 4.90. The minimum absolute atomic E-state index is 0.00132. The van der Waals surface area contributed by atoms with Crippen LogP contribution < -0.4 is 9.47 Å². The van der Waals surface area contributed by atoms with Crippen LogP contribution in [0.15, 0.2) is 24.3 Å². The summed E-state index contributed by atoms with van der Waals surface area (Å²) >= 11 is 0. The molecule has 7 nitrogen and oxygen atoms in total. The van der Waals surface area contributed by atoms with Crippen LogP contribution in [0.3, 0.4) is 0 Å². The third-order valence-electron chi connectivity index (χ3n) is 5.82. The van der Waals surface area contributed by atoms with Crippen LogP contribution in [0.4, 0.5) is 0 Å². The van der Waals surface area contributed by atoms with Gasteiger partial charge in [-0.05, 0) is 42.5 Å². The molecule has 2 aliphatic rings. The summed E-state index contributed by atoms with van der Waals surface area (Å²) in [4.78, 5) is 28.9. The molecule has 0 radical (unpaired) electrons. The maximum Gasteiger partial charge on any atom is 0.246 e. The average molecular weight is 402 g/mol. The van der Waals surface area contributed by atoms with Gasteiger partial charge in [-0.15, -0.1) is 0 Å². The molecule has 1 aromatic rings. The molecule has 2 saturated heterocycles. The normalized spacial score (nSPS) is 22.0. The molecule has 2 heterocycles. The Morgan fingerprint density at radius 2 is 1.97 bits per heavy atom. The van der Waals surface area contributed by atoms with Gasteiger partial charge in [0, 0.05) is 45.3 Å². The van der Waals surface area contributed by atoms with Gasteiger partial charge in [0.1, 0.15) is 0 Å². The van der Waals surface area contributed by atoms with Gasteiger partial charge in [0.25, 0.3) is 0 Å². The van der Waals surface area contributed by atoms with E-state index in [4.69, 9.17) is 14.2 Å². The largest absolute Gasteiger partial charge is 0.493 e. The van der Waals surface area contributed by atoms with E-state index in [0.717, 1.165) is 18.4 Å². The van der Waals surface area contributed by atoms with Crippen molar-refractivity contribution in [2.24, 2.45) is 5.92 Å². The third-order valence-corrected chi connectivity index (χ3v) is 5.82. The molecular weight excluding hydrogens is 372 g/mol. The molecular formula is C22H30N2O5. The van der Waals surface area contributed by atoms with Crippen LogP contribution in [0, 0.1) is 5.92 Å². The second-order valence-corrected chi connectivity index (χ2v) is 7.47. The van der Waals surface area contributed by atoms with E-state index in [1.807, 2.05) is 28.0 Å². The molecule has 0 saturated carbocycles. The van der Waals surface area contributed by atoms with Gasteiger partial charge in [-0.1, -0.05) is 6.07 Å². The highest BCUT2D eigenvalue weighted by atomic mass is 16.5. The second-order valence-electron chi connectivity index (χ2n) is 7.47. The molecule has 2 atom stereocenters. The van der Waals surface area contributed by atoms with Crippen molar-refractivity contribution in [2.75, 3.05) is 47.6 Å². The van der Waals surface area contributed by atoms with E-state index in [2.05, 4.69) is 0 Å². The van der Waals surface area contributed by atoms with E-state index in [-0.39, 0.29) is 17.9 Å². The van der Waals surface area contributed by atoms with Crippen molar-refractivity contribution >= 4 is 17.9 Å². The Labute approximate surface area is 172 Å². The first-order chi connectivity index (χ1) is 14.1. The minimum atomic E-state index is -0.00132. The number of rotatable bonds is 7. The summed E-state index contributed by atoms with van der Waals surface area (Å²) in [7, 11) is 4.83. The van der Waals surface area contributed by atoms with Crippen molar-refractivity contribution < 1.29 is 23.8 Å². The highest BCUT2D eigenvalue weighted by Gasteiger charge is 2.39. The number of likely N-dealkylation sites (tertiary alicyclic amines) is 2. The number of methoxy groups -OCH3 is 3. The molecule has 0 N–H and O–H groups in total. The van der Waals surface area contributed by atoms with Crippen molar-refractivity contribution in [3.05, 3.63) is 29.8 Å². The lowest BCUT2D eigenvalue weighted by Gasteiger charge is -2.46.